The Morgan fingerprint density at radius 2 is 2.38 bits per heavy atom. The minimum absolute atomic E-state index is 0.0330. The number of aryl methyl sites for hydroxylation is 1. The summed E-state index contributed by atoms with van der Waals surface area (Å²) in [5.74, 6) is -0.466. The first kappa shape index (κ1) is 14.4. The predicted molar refractivity (Wildman–Crippen MR) is 73.9 cm³/mol. The van der Waals surface area contributed by atoms with Crippen LogP contribution in [0.4, 0.5) is 8.78 Å². The smallest absolute Gasteiger partial charge is 0.280 e. The maximum absolute atomic E-state index is 12.6. The van der Waals surface area contributed by atoms with Crippen LogP contribution in [0.3, 0.4) is 0 Å². The standard InChI is InChI=1S/C12H11ClF2N4OS/c13-9-8(10(14)15)21-12(18-9)11(20)17-6-2-4-19-7(5-6)1-3-16-19/h1,3,6,10H,2,4-5H2,(H,17,20). The number of aromatic nitrogens is 3. The number of nitrogens with one attached hydrogen (secondary N) is 1. The van der Waals surface area contributed by atoms with Crippen molar-refractivity contribution in [3.05, 3.63) is 33.0 Å². The van der Waals surface area contributed by atoms with Crippen LogP contribution >= 0.6 is 22.9 Å². The van der Waals surface area contributed by atoms with Gasteiger partial charge in [0.25, 0.3) is 12.3 Å². The maximum atomic E-state index is 12.6. The van der Waals surface area contributed by atoms with Gasteiger partial charge >= 0.3 is 0 Å². The van der Waals surface area contributed by atoms with E-state index in [-0.39, 0.29) is 21.1 Å². The van der Waals surface area contributed by atoms with Gasteiger partial charge in [-0.3, -0.25) is 9.48 Å². The summed E-state index contributed by atoms with van der Waals surface area (Å²) >= 11 is 6.24. The average molecular weight is 333 g/mol. The van der Waals surface area contributed by atoms with Gasteiger partial charge in [-0.25, -0.2) is 13.8 Å². The molecule has 1 aliphatic heterocycles. The van der Waals surface area contributed by atoms with Crippen molar-refractivity contribution in [3.63, 3.8) is 0 Å². The molecule has 0 bridgehead atoms. The van der Waals surface area contributed by atoms with Gasteiger partial charge in [0.1, 0.15) is 10.0 Å². The Kier molecular flexibility index (Phi) is 3.90. The summed E-state index contributed by atoms with van der Waals surface area (Å²) in [5, 5.41) is 6.63. The molecule has 9 heteroatoms. The third-order valence-corrected chi connectivity index (χ3v) is 4.75. The van der Waals surface area contributed by atoms with Crippen LogP contribution in [-0.4, -0.2) is 26.7 Å². The van der Waals surface area contributed by atoms with Gasteiger partial charge < -0.3 is 5.32 Å². The molecule has 112 valence electrons. The van der Waals surface area contributed by atoms with Gasteiger partial charge in [-0.1, -0.05) is 11.6 Å². The van der Waals surface area contributed by atoms with Gasteiger partial charge in [-0.05, 0) is 12.5 Å². The van der Waals surface area contributed by atoms with Gasteiger partial charge in [0, 0.05) is 30.9 Å². The first-order valence-electron chi connectivity index (χ1n) is 6.30. The monoisotopic (exact) mass is 332 g/mol. The Labute approximate surface area is 127 Å². The Bertz CT molecular complexity index is 672. The highest BCUT2D eigenvalue weighted by Crippen LogP contribution is 2.32. The van der Waals surface area contributed by atoms with E-state index < -0.39 is 12.3 Å². The second-order valence-electron chi connectivity index (χ2n) is 4.68. The number of nitrogens with zero attached hydrogens (tertiary/aromatic N) is 3. The molecular weight excluding hydrogens is 322 g/mol. The van der Waals surface area contributed by atoms with Crippen LogP contribution in [0.2, 0.25) is 5.15 Å². The minimum Gasteiger partial charge on any atom is -0.347 e. The molecule has 0 spiro atoms. The summed E-state index contributed by atoms with van der Waals surface area (Å²) in [4.78, 5) is 15.4. The minimum atomic E-state index is -2.72. The number of fused-ring (bicyclic) bond motifs is 1. The van der Waals surface area contributed by atoms with Crippen molar-refractivity contribution in [2.24, 2.45) is 0 Å². The van der Waals surface area contributed by atoms with E-state index in [2.05, 4.69) is 15.4 Å². The average Bonchev–Trinajstić information content (AvgIpc) is 3.04. The lowest BCUT2D eigenvalue weighted by Gasteiger charge is -2.23. The number of thiazole rings is 1. The molecule has 5 nitrogen and oxygen atoms in total. The van der Waals surface area contributed by atoms with E-state index in [4.69, 9.17) is 11.6 Å². The summed E-state index contributed by atoms with van der Waals surface area (Å²) in [6.07, 6.45) is 0.392. The normalized spacial score (nSPS) is 17.8. The quantitative estimate of drug-likeness (QED) is 0.940. The largest absolute Gasteiger partial charge is 0.347 e. The van der Waals surface area contributed by atoms with Crippen LogP contribution in [0.5, 0.6) is 0 Å². The fraction of sp³-hybridized carbons (Fsp3) is 0.417. The second kappa shape index (κ2) is 5.69. The van der Waals surface area contributed by atoms with Crippen molar-refractivity contribution >= 4 is 28.8 Å². The Balaban J connectivity index is 1.68. The van der Waals surface area contributed by atoms with Gasteiger partial charge in [0.05, 0.1) is 0 Å². The first-order chi connectivity index (χ1) is 10.0. The van der Waals surface area contributed by atoms with Gasteiger partial charge in [0.2, 0.25) is 0 Å². The lowest BCUT2D eigenvalue weighted by Crippen LogP contribution is -2.40. The molecule has 0 aromatic carbocycles. The molecule has 3 heterocycles. The van der Waals surface area contributed by atoms with Crippen molar-refractivity contribution < 1.29 is 13.6 Å². The highest BCUT2D eigenvalue weighted by Gasteiger charge is 2.25. The van der Waals surface area contributed by atoms with Crippen LogP contribution in [-0.2, 0) is 13.0 Å². The molecule has 1 amide bonds. The number of carbonyl (C=O) groups excluding carboxylic acids is 1. The summed E-state index contributed by atoms with van der Waals surface area (Å²) in [6, 6.07) is 1.84. The van der Waals surface area contributed by atoms with Crippen molar-refractivity contribution in [3.8, 4) is 0 Å². The van der Waals surface area contributed by atoms with Crippen molar-refractivity contribution in [1.29, 1.82) is 0 Å². The highest BCUT2D eigenvalue weighted by molar-refractivity contribution is 7.14. The van der Waals surface area contributed by atoms with Crippen molar-refractivity contribution in [2.45, 2.75) is 31.9 Å². The number of amides is 1. The van der Waals surface area contributed by atoms with Gasteiger partial charge in [-0.15, -0.1) is 11.3 Å². The molecule has 0 aliphatic carbocycles. The third-order valence-electron chi connectivity index (χ3n) is 3.29. The molecule has 0 saturated heterocycles. The van der Waals surface area contributed by atoms with Crippen LogP contribution in [0.25, 0.3) is 0 Å². The fourth-order valence-electron chi connectivity index (χ4n) is 2.28. The molecule has 2 aromatic heterocycles. The van der Waals surface area contributed by atoms with Crippen LogP contribution in [0, 0.1) is 0 Å². The Morgan fingerprint density at radius 1 is 1.57 bits per heavy atom. The molecule has 0 radical (unpaired) electrons. The van der Waals surface area contributed by atoms with Gasteiger partial charge in [0.15, 0.2) is 5.01 Å². The topological polar surface area (TPSA) is 59.8 Å². The van der Waals surface area contributed by atoms with Crippen LogP contribution < -0.4 is 5.32 Å². The molecule has 0 saturated carbocycles. The molecule has 1 unspecified atom stereocenters. The third kappa shape index (κ3) is 2.91. The number of rotatable bonds is 3. The summed E-state index contributed by atoms with van der Waals surface area (Å²) in [7, 11) is 0. The van der Waals surface area contributed by atoms with E-state index >= 15 is 0 Å². The summed E-state index contributed by atoms with van der Waals surface area (Å²) < 4.78 is 27.2. The summed E-state index contributed by atoms with van der Waals surface area (Å²) in [6.45, 7) is 0.716. The number of halogens is 3. The molecular formula is C12H11ClF2N4OS. The lowest BCUT2D eigenvalue weighted by molar-refractivity contribution is 0.0930. The van der Waals surface area contributed by atoms with E-state index in [1.165, 1.54) is 0 Å². The number of carbonyl (C=O) groups is 1. The molecule has 2 aromatic rings. The van der Waals surface area contributed by atoms with E-state index in [1.807, 2.05) is 10.7 Å². The number of hydrogen-bond donors (Lipinski definition) is 1. The van der Waals surface area contributed by atoms with Crippen LogP contribution in [0.1, 0.15) is 33.2 Å². The van der Waals surface area contributed by atoms with E-state index in [9.17, 15) is 13.6 Å². The molecule has 1 atom stereocenters. The Morgan fingerprint density at radius 3 is 3.10 bits per heavy atom. The van der Waals surface area contributed by atoms with Gasteiger partial charge in [-0.2, -0.15) is 5.10 Å². The molecule has 21 heavy (non-hydrogen) atoms. The SMILES string of the molecule is O=C(NC1CCn2nccc2C1)c1nc(Cl)c(C(F)F)s1. The molecule has 1 N–H and O–H groups in total. The first-order valence-corrected chi connectivity index (χ1v) is 7.50. The highest BCUT2D eigenvalue weighted by atomic mass is 35.5. The predicted octanol–water partition coefficient (Wildman–Crippen LogP) is 2.68. The lowest BCUT2D eigenvalue weighted by atomic mass is 10.0. The van der Waals surface area contributed by atoms with E-state index in [0.717, 1.165) is 12.1 Å². The van der Waals surface area contributed by atoms with E-state index in [0.29, 0.717) is 24.3 Å². The molecule has 1 aliphatic rings. The maximum Gasteiger partial charge on any atom is 0.280 e. The fourth-order valence-corrected chi connectivity index (χ4v) is 3.33. The van der Waals surface area contributed by atoms with Crippen molar-refractivity contribution in [1.82, 2.24) is 20.1 Å². The molecule has 0 fully saturated rings. The zero-order valence-corrected chi connectivity index (χ0v) is 12.3. The molecule has 3 rings (SSSR count). The zero-order chi connectivity index (χ0) is 15.0. The summed E-state index contributed by atoms with van der Waals surface area (Å²) in [5.41, 5.74) is 1.04. The van der Waals surface area contributed by atoms with E-state index in [1.54, 1.807) is 6.20 Å². The van der Waals surface area contributed by atoms with Crippen molar-refractivity contribution in [2.75, 3.05) is 0 Å². The zero-order valence-electron chi connectivity index (χ0n) is 10.7. The number of hydrogen-bond acceptors (Lipinski definition) is 4. The number of alkyl halides is 2. The Hall–Kier alpha value is -1.54. The second-order valence-corrected chi connectivity index (χ2v) is 6.07. The van der Waals surface area contributed by atoms with Crippen LogP contribution in [0.15, 0.2) is 12.3 Å².